The summed E-state index contributed by atoms with van der Waals surface area (Å²) in [7, 11) is 1.71. The average Bonchev–Trinajstić information content (AvgIpc) is 2.37. The summed E-state index contributed by atoms with van der Waals surface area (Å²) in [6.07, 6.45) is 5.45. The van der Waals surface area contributed by atoms with Gasteiger partial charge in [0.1, 0.15) is 6.54 Å². The van der Waals surface area contributed by atoms with Crippen molar-refractivity contribution in [2.75, 3.05) is 20.2 Å². The zero-order valence-electron chi connectivity index (χ0n) is 10.6. The minimum Gasteiger partial charge on any atom is -0.396 e. The number of aromatic nitrogens is 2. The molecule has 1 aromatic rings. The number of likely N-dealkylation sites (N-methyl/N-ethyl adjacent to an activating group) is 1. The number of carbonyl (C=O) groups excluding carboxylic acids is 1. The third-order valence-corrected chi connectivity index (χ3v) is 2.67. The molecule has 18 heavy (non-hydrogen) atoms. The molecule has 1 heterocycles. The standard InChI is InChI=1S/C12H19N3O3/c1-14(7-3-2-4-9-16)11(17)10-15-8-5-6-13-12(15)18/h5-6,8,16H,2-4,7,9-10H2,1H3. The van der Waals surface area contributed by atoms with Gasteiger partial charge in [0.2, 0.25) is 5.91 Å². The molecule has 0 spiro atoms. The van der Waals surface area contributed by atoms with Gasteiger partial charge in [-0.25, -0.2) is 9.78 Å². The summed E-state index contributed by atoms with van der Waals surface area (Å²) in [5.41, 5.74) is -0.417. The van der Waals surface area contributed by atoms with Crippen LogP contribution in [0.4, 0.5) is 0 Å². The van der Waals surface area contributed by atoms with Crippen LogP contribution >= 0.6 is 0 Å². The summed E-state index contributed by atoms with van der Waals surface area (Å²) in [5, 5.41) is 8.64. The van der Waals surface area contributed by atoms with Crippen molar-refractivity contribution < 1.29 is 9.90 Å². The van der Waals surface area contributed by atoms with Crippen molar-refractivity contribution in [3.05, 3.63) is 28.9 Å². The number of nitrogens with zero attached hydrogens (tertiary/aromatic N) is 3. The first-order valence-electron chi connectivity index (χ1n) is 6.01. The molecule has 0 saturated heterocycles. The molecule has 0 atom stereocenters. The number of aliphatic hydroxyl groups is 1. The highest BCUT2D eigenvalue weighted by Gasteiger charge is 2.09. The van der Waals surface area contributed by atoms with Gasteiger partial charge in [-0.05, 0) is 25.3 Å². The van der Waals surface area contributed by atoms with E-state index in [9.17, 15) is 9.59 Å². The Kier molecular flexibility index (Phi) is 6.07. The van der Waals surface area contributed by atoms with Crippen LogP contribution in [0, 0.1) is 0 Å². The Labute approximate surface area is 106 Å². The summed E-state index contributed by atoms with van der Waals surface area (Å²) in [6.45, 7) is 0.833. The van der Waals surface area contributed by atoms with Crippen molar-refractivity contribution >= 4 is 5.91 Å². The highest BCUT2D eigenvalue weighted by molar-refractivity contribution is 5.75. The summed E-state index contributed by atoms with van der Waals surface area (Å²) in [4.78, 5) is 28.3. The van der Waals surface area contributed by atoms with Crippen LogP contribution in [0.2, 0.25) is 0 Å². The van der Waals surface area contributed by atoms with Crippen LogP contribution in [-0.2, 0) is 11.3 Å². The first kappa shape index (κ1) is 14.4. The van der Waals surface area contributed by atoms with Gasteiger partial charge in [0.15, 0.2) is 0 Å². The van der Waals surface area contributed by atoms with Gasteiger partial charge in [-0.1, -0.05) is 0 Å². The zero-order valence-corrected chi connectivity index (χ0v) is 10.6. The van der Waals surface area contributed by atoms with Crippen LogP contribution < -0.4 is 5.69 Å². The fraction of sp³-hybridized carbons (Fsp3) is 0.583. The van der Waals surface area contributed by atoms with E-state index in [0.29, 0.717) is 6.54 Å². The molecule has 0 saturated carbocycles. The second kappa shape index (κ2) is 7.60. The SMILES string of the molecule is CN(CCCCCO)C(=O)Cn1cccnc1=O. The third-order valence-electron chi connectivity index (χ3n) is 2.67. The zero-order chi connectivity index (χ0) is 13.4. The Morgan fingerprint density at radius 1 is 1.44 bits per heavy atom. The Hall–Kier alpha value is -1.69. The largest absolute Gasteiger partial charge is 0.396 e. The van der Waals surface area contributed by atoms with Gasteiger partial charge in [-0.2, -0.15) is 0 Å². The molecule has 0 radical (unpaired) electrons. The minimum absolute atomic E-state index is 0.0170. The molecule has 1 rings (SSSR count). The minimum atomic E-state index is -0.417. The number of hydrogen-bond acceptors (Lipinski definition) is 4. The molecule has 0 aromatic carbocycles. The van der Waals surface area contributed by atoms with Gasteiger partial charge in [-0.15, -0.1) is 0 Å². The molecular formula is C12H19N3O3. The summed E-state index contributed by atoms with van der Waals surface area (Å²) < 4.78 is 1.28. The molecule has 0 aliphatic carbocycles. The van der Waals surface area contributed by atoms with Crippen LogP contribution in [0.1, 0.15) is 19.3 Å². The van der Waals surface area contributed by atoms with E-state index in [-0.39, 0.29) is 19.1 Å². The van der Waals surface area contributed by atoms with Crippen LogP contribution in [0.25, 0.3) is 0 Å². The number of unbranched alkanes of at least 4 members (excludes halogenated alkanes) is 2. The topological polar surface area (TPSA) is 75.4 Å². The number of carbonyl (C=O) groups is 1. The van der Waals surface area contributed by atoms with Crippen molar-refractivity contribution in [3.63, 3.8) is 0 Å². The van der Waals surface area contributed by atoms with Crippen LogP contribution in [0.5, 0.6) is 0 Å². The van der Waals surface area contributed by atoms with E-state index in [1.165, 1.54) is 10.8 Å². The lowest BCUT2D eigenvalue weighted by Gasteiger charge is -2.17. The fourth-order valence-electron chi connectivity index (χ4n) is 1.54. The molecule has 0 unspecified atom stereocenters. The molecule has 6 heteroatoms. The van der Waals surface area contributed by atoms with Gasteiger partial charge in [-0.3, -0.25) is 9.36 Å². The van der Waals surface area contributed by atoms with E-state index in [1.54, 1.807) is 24.2 Å². The maximum Gasteiger partial charge on any atom is 0.347 e. The predicted molar refractivity (Wildman–Crippen MR) is 67.1 cm³/mol. The third kappa shape index (κ3) is 4.67. The normalized spacial score (nSPS) is 10.3. The average molecular weight is 253 g/mol. The van der Waals surface area contributed by atoms with Crippen LogP contribution in [-0.4, -0.2) is 45.7 Å². The molecule has 6 nitrogen and oxygen atoms in total. The maximum absolute atomic E-state index is 11.8. The first-order chi connectivity index (χ1) is 8.65. The Morgan fingerprint density at radius 2 is 2.22 bits per heavy atom. The smallest absolute Gasteiger partial charge is 0.347 e. The van der Waals surface area contributed by atoms with Crippen molar-refractivity contribution in [2.24, 2.45) is 0 Å². The molecule has 1 amide bonds. The molecule has 0 aliphatic heterocycles. The number of rotatable bonds is 7. The molecule has 0 aliphatic rings. The van der Waals surface area contributed by atoms with E-state index in [2.05, 4.69) is 4.98 Å². The van der Waals surface area contributed by atoms with Crippen molar-refractivity contribution in [2.45, 2.75) is 25.8 Å². The highest BCUT2D eigenvalue weighted by Crippen LogP contribution is 1.98. The molecule has 0 bridgehead atoms. The number of hydrogen-bond donors (Lipinski definition) is 1. The predicted octanol–water partition coefficient (Wildman–Crippen LogP) is -0.136. The van der Waals surface area contributed by atoms with Crippen molar-refractivity contribution in [3.8, 4) is 0 Å². The maximum atomic E-state index is 11.8. The van der Waals surface area contributed by atoms with E-state index < -0.39 is 5.69 Å². The molecule has 100 valence electrons. The summed E-state index contributed by atoms with van der Waals surface area (Å²) in [5.74, 6) is -0.117. The Bertz CT molecular complexity index is 431. The van der Waals surface area contributed by atoms with E-state index in [4.69, 9.17) is 5.11 Å². The van der Waals surface area contributed by atoms with Crippen LogP contribution in [0.15, 0.2) is 23.3 Å². The van der Waals surface area contributed by atoms with Gasteiger partial charge in [0.25, 0.3) is 0 Å². The van der Waals surface area contributed by atoms with Gasteiger partial charge < -0.3 is 10.0 Å². The molecule has 1 aromatic heterocycles. The van der Waals surface area contributed by atoms with Crippen molar-refractivity contribution in [1.82, 2.24) is 14.5 Å². The van der Waals surface area contributed by atoms with Crippen LogP contribution in [0.3, 0.4) is 0 Å². The number of aliphatic hydroxyl groups excluding tert-OH is 1. The highest BCUT2D eigenvalue weighted by atomic mass is 16.3. The van der Waals surface area contributed by atoms with E-state index in [1.807, 2.05) is 0 Å². The fourth-order valence-corrected chi connectivity index (χ4v) is 1.54. The second-order valence-corrected chi connectivity index (χ2v) is 4.13. The lowest BCUT2D eigenvalue weighted by atomic mass is 10.2. The monoisotopic (exact) mass is 253 g/mol. The molecule has 0 fully saturated rings. The van der Waals surface area contributed by atoms with E-state index >= 15 is 0 Å². The Morgan fingerprint density at radius 3 is 2.89 bits per heavy atom. The Balaban J connectivity index is 2.40. The van der Waals surface area contributed by atoms with E-state index in [0.717, 1.165) is 19.3 Å². The lowest BCUT2D eigenvalue weighted by molar-refractivity contribution is -0.130. The summed E-state index contributed by atoms with van der Waals surface area (Å²) in [6, 6.07) is 1.62. The second-order valence-electron chi connectivity index (χ2n) is 4.13. The molecule has 1 N–H and O–H groups in total. The molecular weight excluding hydrogens is 234 g/mol. The van der Waals surface area contributed by atoms with Gasteiger partial charge in [0, 0.05) is 32.6 Å². The van der Waals surface area contributed by atoms with Gasteiger partial charge >= 0.3 is 5.69 Å². The van der Waals surface area contributed by atoms with Gasteiger partial charge in [0.05, 0.1) is 0 Å². The summed E-state index contributed by atoms with van der Waals surface area (Å²) >= 11 is 0. The van der Waals surface area contributed by atoms with Crippen molar-refractivity contribution in [1.29, 1.82) is 0 Å². The lowest BCUT2D eigenvalue weighted by Crippen LogP contribution is -2.34. The first-order valence-corrected chi connectivity index (χ1v) is 6.01. The number of amides is 1. The quantitative estimate of drug-likeness (QED) is 0.686.